The number of aliphatic carboxylic acids is 1. The van der Waals surface area contributed by atoms with Crippen molar-refractivity contribution in [2.24, 2.45) is 0 Å². The lowest BCUT2D eigenvalue weighted by Gasteiger charge is -2.23. The Hall–Kier alpha value is -3.38. The summed E-state index contributed by atoms with van der Waals surface area (Å²) in [4.78, 5) is 25.6. The molecule has 0 aliphatic heterocycles. The molecule has 0 aliphatic carbocycles. The van der Waals surface area contributed by atoms with Gasteiger partial charge in [0.05, 0.1) is 5.69 Å². The highest BCUT2D eigenvalue weighted by Crippen LogP contribution is 2.27. The maximum Gasteiger partial charge on any atom is 0.333 e. The fourth-order valence-electron chi connectivity index (χ4n) is 3.36. The van der Waals surface area contributed by atoms with Gasteiger partial charge in [-0.15, -0.1) is 0 Å². The average Bonchev–Trinajstić information content (AvgIpc) is 2.77. The molecule has 0 aliphatic rings. The molecule has 1 amide bonds. The molecule has 3 rings (SSSR count). The summed E-state index contributed by atoms with van der Waals surface area (Å²) >= 11 is 0. The molecule has 0 bridgehead atoms. The number of rotatable bonds is 9. The number of methoxy groups -OCH3 is 1. The predicted octanol–water partition coefficient (Wildman–Crippen LogP) is 3.91. The fraction of sp³-hybridized carbons (Fsp3) is 0.250. The SMILES string of the molecule is CCN(C(=O)COc1ccc(C[C@H](OC)C(=O)O)cc1)c1cccc2ccccc12. The van der Waals surface area contributed by atoms with Crippen LogP contribution in [0.15, 0.2) is 66.7 Å². The van der Waals surface area contributed by atoms with Gasteiger partial charge in [-0.1, -0.05) is 48.5 Å². The summed E-state index contributed by atoms with van der Waals surface area (Å²) in [5.41, 5.74) is 1.67. The molecule has 30 heavy (non-hydrogen) atoms. The third-order valence-electron chi connectivity index (χ3n) is 4.94. The number of anilines is 1. The van der Waals surface area contributed by atoms with Gasteiger partial charge in [0.1, 0.15) is 5.75 Å². The highest BCUT2D eigenvalue weighted by Gasteiger charge is 2.18. The van der Waals surface area contributed by atoms with Gasteiger partial charge in [-0.05, 0) is 36.1 Å². The Morgan fingerprint density at radius 2 is 1.70 bits per heavy atom. The minimum atomic E-state index is -1.00. The van der Waals surface area contributed by atoms with Crippen LogP contribution in [0, 0.1) is 0 Å². The van der Waals surface area contributed by atoms with E-state index in [-0.39, 0.29) is 18.9 Å². The van der Waals surface area contributed by atoms with Crippen LogP contribution in [0.1, 0.15) is 12.5 Å². The van der Waals surface area contributed by atoms with Crippen molar-refractivity contribution in [2.75, 3.05) is 25.2 Å². The van der Waals surface area contributed by atoms with E-state index < -0.39 is 12.1 Å². The Kier molecular flexibility index (Phi) is 7.03. The maximum atomic E-state index is 12.8. The van der Waals surface area contributed by atoms with Crippen molar-refractivity contribution in [2.45, 2.75) is 19.4 Å². The number of carbonyl (C=O) groups excluding carboxylic acids is 1. The third-order valence-corrected chi connectivity index (χ3v) is 4.94. The second kappa shape index (κ2) is 9.89. The van der Waals surface area contributed by atoms with Crippen molar-refractivity contribution in [3.8, 4) is 5.75 Å². The van der Waals surface area contributed by atoms with E-state index in [0.717, 1.165) is 22.0 Å². The first-order chi connectivity index (χ1) is 14.5. The molecule has 0 heterocycles. The van der Waals surface area contributed by atoms with Gasteiger partial charge >= 0.3 is 5.97 Å². The quantitative estimate of drug-likeness (QED) is 0.582. The van der Waals surface area contributed by atoms with E-state index in [4.69, 9.17) is 14.6 Å². The van der Waals surface area contributed by atoms with Gasteiger partial charge in [0.2, 0.25) is 0 Å². The molecule has 0 aromatic heterocycles. The van der Waals surface area contributed by atoms with E-state index in [1.165, 1.54) is 7.11 Å². The van der Waals surface area contributed by atoms with Crippen molar-refractivity contribution in [3.63, 3.8) is 0 Å². The topological polar surface area (TPSA) is 76.1 Å². The van der Waals surface area contributed by atoms with Crippen molar-refractivity contribution >= 4 is 28.3 Å². The van der Waals surface area contributed by atoms with E-state index in [1.54, 1.807) is 29.2 Å². The number of amides is 1. The van der Waals surface area contributed by atoms with Crippen LogP contribution in [0.5, 0.6) is 5.75 Å². The zero-order valence-electron chi connectivity index (χ0n) is 17.1. The minimum absolute atomic E-state index is 0.0910. The number of likely N-dealkylation sites (N-methyl/N-ethyl adjacent to an activating group) is 1. The van der Waals surface area contributed by atoms with Crippen LogP contribution in [0.2, 0.25) is 0 Å². The summed E-state index contributed by atoms with van der Waals surface area (Å²) in [5, 5.41) is 11.2. The summed E-state index contributed by atoms with van der Waals surface area (Å²) in [6.45, 7) is 2.37. The zero-order chi connectivity index (χ0) is 21.5. The van der Waals surface area contributed by atoms with Gasteiger partial charge in [-0.3, -0.25) is 4.79 Å². The Balaban J connectivity index is 1.66. The van der Waals surface area contributed by atoms with Crippen molar-refractivity contribution < 1.29 is 24.2 Å². The van der Waals surface area contributed by atoms with Gasteiger partial charge in [0.25, 0.3) is 5.91 Å². The normalized spacial score (nSPS) is 11.8. The third kappa shape index (κ3) is 4.96. The van der Waals surface area contributed by atoms with Crippen LogP contribution in [-0.4, -0.2) is 43.3 Å². The van der Waals surface area contributed by atoms with Gasteiger partial charge in [0, 0.05) is 25.5 Å². The molecule has 6 heteroatoms. The van der Waals surface area contributed by atoms with E-state index >= 15 is 0 Å². The number of carboxylic acid groups (broad SMARTS) is 1. The van der Waals surface area contributed by atoms with Crippen LogP contribution in [0.4, 0.5) is 5.69 Å². The fourth-order valence-corrected chi connectivity index (χ4v) is 3.36. The molecule has 0 fully saturated rings. The summed E-state index contributed by atoms with van der Waals surface area (Å²) in [6, 6.07) is 20.9. The second-order valence-electron chi connectivity index (χ2n) is 6.84. The van der Waals surface area contributed by atoms with E-state index in [2.05, 4.69) is 0 Å². The number of carboxylic acids is 1. The molecule has 1 N–H and O–H groups in total. The largest absolute Gasteiger partial charge is 0.484 e. The standard InChI is InChI=1S/C24H25NO5/c1-3-25(21-10-6-8-18-7-4-5-9-20(18)21)23(26)16-30-19-13-11-17(12-14-19)15-22(29-2)24(27)28/h4-14,22H,3,15-16H2,1-2H3,(H,27,28)/t22-/m0/s1. The first kappa shape index (κ1) is 21.3. The van der Waals surface area contributed by atoms with E-state index in [1.807, 2.05) is 49.4 Å². The lowest BCUT2D eigenvalue weighted by atomic mass is 10.1. The Morgan fingerprint density at radius 1 is 1.00 bits per heavy atom. The highest BCUT2D eigenvalue weighted by atomic mass is 16.5. The monoisotopic (exact) mass is 407 g/mol. The molecule has 1 atom stereocenters. The average molecular weight is 407 g/mol. The van der Waals surface area contributed by atoms with Crippen LogP contribution in [0.3, 0.4) is 0 Å². The van der Waals surface area contributed by atoms with Gasteiger partial charge in [-0.25, -0.2) is 4.79 Å². The minimum Gasteiger partial charge on any atom is -0.484 e. The number of ether oxygens (including phenoxy) is 2. The molecule has 0 saturated carbocycles. The first-order valence-corrected chi connectivity index (χ1v) is 9.79. The molecule has 0 unspecified atom stereocenters. The molecule has 0 spiro atoms. The van der Waals surface area contributed by atoms with Crippen molar-refractivity contribution in [3.05, 3.63) is 72.3 Å². The van der Waals surface area contributed by atoms with Crippen LogP contribution >= 0.6 is 0 Å². The van der Waals surface area contributed by atoms with Gasteiger partial charge in [0.15, 0.2) is 12.7 Å². The summed E-state index contributed by atoms with van der Waals surface area (Å²) < 4.78 is 10.6. The Bertz CT molecular complexity index is 1010. The van der Waals surface area contributed by atoms with Gasteiger partial charge in [-0.2, -0.15) is 0 Å². The second-order valence-corrected chi connectivity index (χ2v) is 6.84. The molecule has 3 aromatic carbocycles. The smallest absolute Gasteiger partial charge is 0.333 e. The number of hydrogen-bond donors (Lipinski definition) is 1. The number of nitrogens with zero attached hydrogens (tertiary/aromatic N) is 1. The Labute approximate surface area is 175 Å². The number of benzene rings is 3. The molecule has 156 valence electrons. The van der Waals surface area contributed by atoms with E-state index in [0.29, 0.717) is 12.3 Å². The molecule has 0 radical (unpaired) electrons. The molecule has 6 nitrogen and oxygen atoms in total. The lowest BCUT2D eigenvalue weighted by Crippen LogP contribution is -2.34. The van der Waals surface area contributed by atoms with Crippen LogP contribution in [0.25, 0.3) is 10.8 Å². The summed E-state index contributed by atoms with van der Waals surface area (Å²) in [6.07, 6.45) is -0.632. The van der Waals surface area contributed by atoms with Gasteiger partial charge < -0.3 is 19.5 Å². The first-order valence-electron chi connectivity index (χ1n) is 9.79. The van der Waals surface area contributed by atoms with Crippen molar-refractivity contribution in [1.29, 1.82) is 0 Å². The van der Waals surface area contributed by atoms with Crippen molar-refractivity contribution in [1.82, 2.24) is 0 Å². The maximum absolute atomic E-state index is 12.8. The van der Waals surface area contributed by atoms with Crippen LogP contribution < -0.4 is 9.64 Å². The molecular formula is C24H25NO5. The Morgan fingerprint density at radius 3 is 2.37 bits per heavy atom. The van der Waals surface area contributed by atoms with Crippen LogP contribution in [-0.2, 0) is 20.7 Å². The van der Waals surface area contributed by atoms with E-state index in [9.17, 15) is 9.59 Å². The predicted molar refractivity (Wildman–Crippen MR) is 116 cm³/mol. The molecular weight excluding hydrogens is 382 g/mol. The number of fused-ring (bicyclic) bond motifs is 1. The number of carbonyl (C=O) groups is 2. The zero-order valence-corrected chi connectivity index (χ0v) is 17.1. The lowest BCUT2D eigenvalue weighted by molar-refractivity contribution is -0.148. The number of hydrogen-bond acceptors (Lipinski definition) is 4. The summed E-state index contributed by atoms with van der Waals surface area (Å²) in [5.74, 6) is -0.592. The molecule has 3 aromatic rings. The molecule has 0 saturated heterocycles. The summed E-state index contributed by atoms with van der Waals surface area (Å²) in [7, 11) is 1.37. The highest BCUT2D eigenvalue weighted by molar-refractivity contribution is 6.04.